The minimum Gasteiger partial charge on any atom is -0.387 e. The molecule has 3 aromatic rings. The van der Waals surface area contributed by atoms with E-state index in [0.29, 0.717) is 11.0 Å². The van der Waals surface area contributed by atoms with E-state index in [1.165, 1.54) is 23.9 Å². The molecular weight excluding hydrogens is 374 g/mol. The number of aromatic nitrogens is 3. The van der Waals surface area contributed by atoms with Gasteiger partial charge in [-0.25, -0.2) is 18.7 Å². The monoisotopic (exact) mass is 392 g/mol. The summed E-state index contributed by atoms with van der Waals surface area (Å²) in [4.78, 5) is 8.00. The largest absolute Gasteiger partial charge is 0.387 e. The number of hydrogen-bond donors (Lipinski definition) is 4. The third-order valence-corrected chi connectivity index (χ3v) is 5.11. The van der Waals surface area contributed by atoms with Crippen LogP contribution < -0.4 is 5.73 Å². The summed E-state index contributed by atoms with van der Waals surface area (Å²) < 4.78 is 34.1. The van der Waals surface area contributed by atoms with Crippen LogP contribution in [0.2, 0.25) is 0 Å². The molecule has 1 aromatic carbocycles. The Labute approximate surface area is 157 Å². The van der Waals surface area contributed by atoms with Crippen molar-refractivity contribution in [2.24, 2.45) is 0 Å². The molecule has 0 aliphatic carbocycles. The molecule has 4 rings (SSSR count). The van der Waals surface area contributed by atoms with Gasteiger partial charge in [-0.2, -0.15) is 0 Å². The van der Waals surface area contributed by atoms with Crippen LogP contribution in [0.1, 0.15) is 18.7 Å². The highest BCUT2D eigenvalue weighted by Crippen LogP contribution is 2.40. The van der Waals surface area contributed by atoms with E-state index in [0.717, 1.165) is 12.1 Å². The summed E-state index contributed by atoms with van der Waals surface area (Å²) in [5, 5.41) is 32.5. The van der Waals surface area contributed by atoms with Crippen molar-refractivity contribution < 1.29 is 28.8 Å². The molecule has 0 bridgehead atoms. The van der Waals surface area contributed by atoms with E-state index in [9.17, 15) is 24.1 Å². The standard InChI is InChI=1S/C18H18F2N4O4/c1-18(27,8-2-3-10(19)11(20)6-8)14-12(25)13(26)17(28-14)24-5-4-9-15(21)22-7-23-16(9)24/h2-7,12-14,17,25-27H,1H3,(H2,21,22,23)/t12-,13+,14-,17+,18-/m0/s1. The molecule has 8 nitrogen and oxygen atoms in total. The van der Waals surface area contributed by atoms with Gasteiger partial charge in [0, 0.05) is 6.20 Å². The fraction of sp³-hybridized carbons (Fsp3) is 0.333. The van der Waals surface area contributed by atoms with E-state index in [-0.39, 0.29) is 11.4 Å². The smallest absolute Gasteiger partial charge is 0.164 e. The number of benzene rings is 1. The summed E-state index contributed by atoms with van der Waals surface area (Å²) in [6, 6.07) is 4.51. The number of halogens is 2. The number of fused-ring (bicyclic) bond motifs is 1. The molecule has 3 heterocycles. The maximum atomic E-state index is 13.6. The number of hydrogen-bond acceptors (Lipinski definition) is 7. The third kappa shape index (κ3) is 2.73. The number of anilines is 1. The number of nitrogens with zero attached hydrogens (tertiary/aromatic N) is 3. The lowest BCUT2D eigenvalue weighted by molar-refractivity contribution is -0.136. The summed E-state index contributed by atoms with van der Waals surface area (Å²) in [7, 11) is 0. The first-order valence-electron chi connectivity index (χ1n) is 8.48. The van der Waals surface area contributed by atoms with Gasteiger partial charge in [0.2, 0.25) is 0 Å². The van der Waals surface area contributed by atoms with E-state index in [2.05, 4.69) is 9.97 Å². The van der Waals surface area contributed by atoms with Crippen LogP contribution in [0, 0.1) is 11.6 Å². The molecule has 0 spiro atoms. The summed E-state index contributed by atoms with van der Waals surface area (Å²) in [5.41, 5.74) is 4.25. The Balaban J connectivity index is 1.71. The molecule has 5 N–H and O–H groups in total. The molecule has 0 radical (unpaired) electrons. The van der Waals surface area contributed by atoms with Crippen molar-refractivity contribution in [1.82, 2.24) is 14.5 Å². The van der Waals surface area contributed by atoms with Crippen LogP contribution in [0.25, 0.3) is 11.0 Å². The quantitative estimate of drug-likeness (QED) is 0.520. The second-order valence-corrected chi connectivity index (χ2v) is 6.92. The lowest BCUT2D eigenvalue weighted by atomic mass is 9.86. The second kappa shape index (κ2) is 6.45. The fourth-order valence-electron chi connectivity index (χ4n) is 3.53. The van der Waals surface area contributed by atoms with E-state index in [1.807, 2.05) is 0 Å². The van der Waals surface area contributed by atoms with E-state index < -0.39 is 41.8 Å². The topological polar surface area (TPSA) is 127 Å². The third-order valence-electron chi connectivity index (χ3n) is 5.11. The Morgan fingerprint density at radius 3 is 2.61 bits per heavy atom. The van der Waals surface area contributed by atoms with Crippen molar-refractivity contribution in [3.05, 3.63) is 54.0 Å². The Kier molecular flexibility index (Phi) is 4.31. The molecule has 1 fully saturated rings. The minimum absolute atomic E-state index is 0.00719. The van der Waals surface area contributed by atoms with Gasteiger partial charge in [0.05, 0.1) is 5.39 Å². The van der Waals surface area contributed by atoms with Crippen LogP contribution >= 0.6 is 0 Å². The van der Waals surface area contributed by atoms with Gasteiger partial charge in [-0.1, -0.05) is 6.07 Å². The first-order valence-corrected chi connectivity index (χ1v) is 8.48. The lowest BCUT2D eigenvalue weighted by Gasteiger charge is -2.32. The lowest BCUT2D eigenvalue weighted by Crippen LogP contribution is -2.45. The highest BCUT2D eigenvalue weighted by Gasteiger charge is 2.52. The van der Waals surface area contributed by atoms with Gasteiger partial charge in [0.15, 0.2) is 17.9 Å². The van der Waals surface area contributed by atoms with Crippen LogP contribution in [0.15, 0.2) is 36.8 Å². The number of aliphatic hydroxyl groups excluding tert-OH is 2. The maximum absolute atomic E-state index is 13.6. The fourth-order valence-corrected chi connectivity index (χ4v) is 3.53. The summed E-state index contributed by atoms with van der Waals surface area (Å²) in [6.45, 7) is 1.29. The van der Waals surface area contributed by atoms with Gasteiger partial charge < -0.3 is 30.4 Å². The van der Waals surface area contributed by atoms with Crippen molar-refractivity contribution in [3.8, 4) is 0 Å². The first kappa shape index (κ1) is 18.7. The normalized spacial score (nSPS) is 27.2. The number of aliphatic hydroxyl groups is 3. The average molecular weight is 392 g/mol. The van der Waals surface area contributed by atoms with Crippen LogP contribution in [0.5, 0.6) is 0 Å². The van der Waals surface area contributed by atoms with Crippen molar-refractivity contribution in [3.63, 3.8) is 0 Å². The SMILES string of the molecule is C[C@](O)(c1ccc(F)c(F)c1)[C@H]1O[C@@H](n2ccc3c(N)ncnc32)[C@H](O)[C@@H]1O. The van der Waals surface area contributed by atoms with Crippen LogP contribution in [0.4, 0.5) is 14.6 Å². The Morgan fingerprint density at radius 2 is 1.89 bits per heavy atom. The molecule has 1 saturated heterocycles. The van der Waals surface area contributed by atoms with Crippen molar-refractivity contribution in [2.75, 3.05) is 5.73 Å². The molecule has 2 aromatic heterocycles. The average Bonchev–Trinajstić information content (AvgIpc) is 3.20. The van der Waals surface area contributed by atoms with Gasteiger partial charge in [0.1, 0.15) is 41.7 Å². The molecule has 0 amide bonds. The zero-order chi connectivity index (χ0) is 20.2. The van der Waals surface area contributed by atoms with Crippen molar-refractivity contribution in [2.45, 2.75) is 37.1 Å². The molecular formula is C18H18F2N4O4. The van der Waals surface area contributed by atoms with E-state index in [4.69, 9.17) is 10.5 Å². The maximum Gasteiger partial charge on any atom is 0.164 e. The highest BCUT2D eigenvalue weighted by molar-refractivity contribution is 5.86. The summed E-state index contributed by atoms with van der Waals surface area (Å²) >= 11 is 0. The molecule has 28 heavy (non-hydrogen) atoms. The van der Waals surface area contributed by atoms with Gasteiger partial charge in [-0.05, 0) is 30.7 Å². The van der Waals surface area contributed by atoms with E-state index >= 15 is 0 Å². The molecule has 5 atom stereocenters. The number of rotatable bonds is 3. The summed E-state index contributed by atoms with van der Waals surface area (Å²) in [6.07, 6.45) is -2.54. The molecule has 0 saturated carbocycles. The number of nitrogens with two attached hydrogens (primary N) is 1. The molecule has 10 heteroatoms. The first-order chi connectivity index (χ1) is 13.2. The Bertz CT molecular complexity index is 1040. The van der Waals surface area contributed by atoms with Gasteiger partial charge in [-0.3, -0.25) is 0 Å². The number of nitrogen functional groups attached to an aromatic ring is 1. The Hall–Kier alpha value is -2.66. The second-order valence-electron chi connectivity index (χ2n) is 6.92. The molecule has 1 aliphatic heterocycles. The van der Waals surface area contributed by atoms with Crippen LogP contribution in [-0.4, -0.2) is 48.2 Å². The van der Waals surface area contributed by atoms with Gasteiger partial charge in [0.25, 0.3) is 0 Å². The predicted octanol–water partition coefficient (Wildman–Crippen LogP) is 0.819. The molecule has 1 aliphatic rings. The van der Waals surface area contributed by atoms with Gasteiger partial charge >= 0.3 is 0 Å². The number of ether oxygens (including phenoxy) is 1. The van der Waals surface area contributed by atoms with Crippen molar-refractivity contribution >= 4 is 16.9 Å². The molecule has 148 valence electrons. The molecule has 0 unspecified atom stereocenters. The highest BCUT2D eigenvalue weighted by atomic mass is 19.2. The van der Waals surface area contributed by atoms with Crippen molar-refractivity contribution in [1.29, 1.82) is 0 Å². The van der Waals surface area contributed by atoms with E-state index in [1.54, 1.807) is 12.3 Å². The van der Waals surface area contributed by atoms with Crippen LogP contribution in [-0.2, 0) is 10.3 Å². The minimum atomic E-state index is -1.92. The zero-order valence-corrected chi connectivity index (χ0v) is 14.7. The van der Waals surface area contributed by atoms with Gasteiger partial charge in [-0.15, -0.1) is 0 Å². The summed E-state index contributed by atoms with van der Waals surface area (Å²) in [5.74, 6) is -1.98. The zero-order valence-electron chi connectivity index (χ0n) is 14.7. The van der Waals surface area contributed by atoms with Crippen LogP contribution in [0.3, 0.4) is 0 Å². The predicted molar refractivity (Wildman–Crippen MR) is 93.8 cm³/mol. The Morgan fingerprint density at radius 1 is 1.14 bits per heavy atom.